The summed E-state index contributed by atoms with van der Waals surface area (Å²) >= 11 is 0. The molecule has 1 aromatic carbocycles. The molecule has 1 saturated carbocycles. The van der Waals surface area contributed by atoms with Crippen molar-refractivity contribution in [2.75, 3.05) is 13.1 Å². The predicted octanol–water partition coefficient (Wildman–Crippen LogP) is 2.35. The number of hydrogen-bond donors (Lipinski definition) is 3. The molecule has 0 aromatic heterocycles. The zero-order valence-electron chi connectivity index (χ0n) is 14.6. The van der Waals surface area contributed by atoms with Crippen LogP contribution in [0, 0.1) is 11.3 Å². The summed E-state index contributed by atoms with van der Waals surface area (Å²) in [4.78, 5) is 24.1. The standard InChI is InChI=1S/C18H27N3O2.ClH/c1-18(2,3)11-21-17(23)14-8-6-13(7-9-14)16(22)20-10-15(19)12-4-5-12;/h6-9,12,15H,4-5,10-11,19H2,1-3H3,(H,20,22)(H,21,23);1H. The van der Waals surface area contributed by atoms with Gasteiger partial charge < -0.3 is 16.4 Å². The minimum absolute atomic E-state index is 0. The lowest BCUT2D eigenvalue weighted by atomic mass is 9.97. The molecule has 0 aliphatic heterocycles. The van der Waals surface area contributed by atoms with Crippen molar-refractivity contribution in [3.63, 3.8) is 0 Å². The Bertz CT molecular complexity index is 563. The Hall–Kier alpha value is -1.59. The Morgan fingerprint density at radius 3 is 1.96 bits per heavy atom. The van der Waals surface area contributed by atoms with E-state index in [-0.39, 0.29) is 35.7 Å². The molecule has 1 fully saturated rings. The average molecular weight is 354 g/mol. The van der Waals surface area contributed by atoms with E-state index in [0.717, 1.165) is 12.8 Å². The van der Waals surface area contributed by atoms with Crippen LogP contribution in [0.3, 0.4) is 0 Å². The molecule has 2 rings (SSSR count). The largest absolute Gasteiger partial charge is 0.352 e. The van der Waals surface area contributed by atoms with Crippen molar-refractivity contribution in [2.45, 2.75) is 39.7 Å². The topological polar surface area (TPSA) is 84.2 Å². The molecule has 0 bridgehead atoms. The highest BCUT2D eigenvalue weighted by molar-refractivity contribution is 5.97. The summed E-state index contributed by atoms with van der Waals surface area (Å²) in [6, 6.07) is 6.73. The molecule has 6 heteroatoms. The van der Waals surface area contributed by atoms with Crippen LogP contribution in [0.5, 0.6) is 0 Å². The minimum atomic E-state index is -0.150. The Labute approximate surface area is 150 Å². The lowest BCUT2D eigenvalue weighted by molar-refractivity contribution is 0.0932. The smallest absolute Gasteiger partial charge is 0.251 e. The number of nitrogens with one attached hydrogen (secondary N) is 2. The van der Waals surface area contributed by atoms with Crippen molar-refractivity contribution in [2.24, 2.45) is 17.1 Å². The molecule has 0 radical (unpaired) electrons. The van der Waals surface area contributed by atoms with Gasteiger partial charge in [0, 0.05) is 30.3 Å². The molecule has 24 heavy (non-hydrogen) atoms. The molecular weight excluding hydrogens is 326 g/mol. The van der Waals surface area contributed by atoms with Crippen molar-refractivity contribution in [3.05, 3.63) is 35.4 Å². The molecule has 1 aromatic rings. The van der Waals surface area contributed by atoms with Gasteiger partial charge in [-0.25, -0.2) is 0 Å². The van der Waals surface area contributed by atoms with E-state index >= 15 is 0 Å². The average Bonchev–Trinajstić information content (AvgIpc) is 3.34. The number of hydrogen-bond acceptors (Lipinski definition) is 3. The van der Waals surface area contributed by atoms with Gasteiger partial charge in [0.25, 0.3) is 11.8 Å². The van der Waals surface area contributed by atoms with Crippen molar-refractivity contribution in [3.8, 4) is 0 Å². The van der Waals surface area contributed by atoms with Crippen LogP contribution >= 0.6 is 12.4 Å². The second-order valence-corrected chi connectivity index (χ2v) is 7.53. The number of amides is 2. The fraction of sp³-hybridized carbons (Fsp3) is 0.556. The van der Waals surface area contributed by atoms with Gasteiger partial charge in [0.2, 0.25) is 0 Å². The zero-order valence-corrected chi connectivity index (χ0v) is 15.4. The summed E-state index contributed by atoms with van der Waals surface area (Å²) < 4.78 is 0. The van der Waals surface area contributed by atoms with Gasteiger partial charge in [-0.3, -0.25) is 9.59 Å². The molecule has 0 spiro atoms. The normalized spacial score (nSPS) is 15.2. The van der Waals surface area contributed by atoms with Gasteiger partial charge in [0.15, 0.2) is 0 Å². The highest BCUT2D eigenvalue weighted by Crippen LogP contribution is 2.31. The van der Waals surface area contributed by atoms with E-state index in [1.165, 1.54) is 0 Å². The number of nitrogens with two attached hydrogens (primary N) is 1. The number of carbonyl (C=O) groups excluding carboxylic acids is 2. The van der Waals surface area contributed by atoms with Crippen LogP contribution in [-0.4, -0.2) is 30.9 Å². The summed E-state index contributed by atoms with van der Waals surface area (Å²) in [5.41, 5.74) is 7.11. The second kappa shape index (κ2) is 8.49. The third-order valence-electron chi connectivity index (χ3n) is 3.91. The molecule has 134 valence electrons. The first kappa shape index (κ1) is 20.5. The van der Waals surface area contributed by atoms with Crippen LogP contribution < -0.4 is 16.4 Å². The van der Waals surface area contributed by atoms with Gasteiger partial charge in [-0.05, 0) is 48.4 Å². The molecule has 1 atom stereocenters. The molecule has 0 saturated heterocycles. The molecule has 2 amide bonds. The summed E-state index contributed by atoms with van der Waals surface area (Å²) in [6.07, 6.45) is 2.32. The first-order valence-electron chi connectivity index (χ1n) is 8.18. The van der Waals surface area contributed by atoms with Crippen LogP contribution in [0.1, 0.15) is 54.3 Å². The maximum atomic E-state index is 12.1. The van der Waals surface area contributed by atoms with Gasteiger partial charge in [-0.1, -0.05) is 20.8 Å². The second-order valence-electron chi connectivity index (χ2n) is 7.53. The summed E-state index contributed by atoms with van der Waals surface area (Å²) in [6.45, 7) is 7.29. The quantitative estimate of drug-likeness (QED) is 0.734. The number of carbonyl (C=O) groups is 2. The van der Waals surface area contributed by atoms with E-state index in [0.29, 0.717) is 30.1 Å². The molecule has 1 aliphatic rings. The van der Waals surface area contributed by atoms with Crippen molar-refractivity contribution >= 4 is 24.2 Å². The van der Waals surface area contributed by atoms with E-state index in [2.05, 4.69) is 31.4 Å². The third kappa shape index (κ3) is 6.49. The van der Waals surface area contributed by atoms with Crippen LogP contribution in [0.25, 0.3) is 0 Å². The van der Waals surface area contributed by atoms with Crippen LogP contribution in [0.2, 0.25) is 0 Å². The Morgan fingerprint density at radius 1 is 1.08 bits per heavy atom. The monoisotopic (exact) mass is 353 g/mol. The molecule has 4 N–H and O–H groups in total. The minimum Gasteiger partial charge on any atom is -0.352 e. The van der Waals surface area contributed by atoms with Crippen molar-refractivity contribution in [1.29, 1.82) is 0 Å². The first-order valence-corrected chi connectivity index (χ1v) is 8.18. The Kier molecular flexibility index (Phi) is 7.24. The van der Waals surface area contributed by atoms with Crippen LogP contribution in [-0.2, 0) is 0 Å². The van der Waals surface area contributed by atoms with E-state index < -0.39 is 0 Å². The van der Waals surface area contributed by atoms with E-state index in [1.807, 2.05) is 0 Å². The maximum absolute atomic E-state index is 12.1. The van der Waals surface area contributed by atoms with Crippen LogP contribution in [0.4, 0.5) is 0 Å². The first-order chi connectivity index (χ1) is 10.8. The van der Waals surface area contributed by atoms with E-state index in [4.69, 9.17) is 5.73 Å². The van der Waals surface area contributed by atoms with E-state index in [9.17, 15) is 9.59 Å². The molecule has 1 aliphatic carbocycles. The number of rotatable bonds is 6. The SMILES string of the molecule is CC(C)(C)CNC(=O)c1ccc(C(=O)NCC(N)C2CC2)cc1.Cl. The molecule has 5 nitrogen and oxygen atoms in total. The van der Waals surface area contributed by atoms with Crippen molar-refractivity contribution < 1.29 is 9.59 Å². The molecule has 0 heterocycles. The Balaban J connectivity index is 0.00000288. The van der Waals surface area contributed by atoms with E-state index in [1.54, 1.807) is 24.3 Å². The van der Waals surface area contributed by atoms with Crippen molar-refractivity contribution in [1.82, 2.24) is 10.6 Å². The highest BCUT2D eigenvalue weighted by atomic mass is 35.5. The highest BCUT2D eigenvalue weighted by Gasteiger charge is 2.28. The number of halogens is 1. The third-order valence-corrected chi connectivity index (χ3v) is 3.91. The Morgan fingerprint density at radius 2 is 1.54 bits per heavy atom. The summed E-state index contributed by atoms with van der Waals surface area (Å²) in [5, 5.41) is 5.74. The molecular formula is C18H28ClN3O2. The zero-order chi connectivity index (χ0) is 17.0. The fourth-order valence-electron chi connectivity index (χ4n) is 2.22. The lowest BCUT2D eigenvalue weighted by Crippen LogP contribution is -2.38. The van der Waals surface area contributed by atoms with Gasteiger partial charge in [0.1, 0.15) is 0 Å². The fourth-order valence-corrected chi connectivity index (χ4v) is 2.22. The maximum Gasteiger partial charge on any atom is 0.251 e. The lowest BCUT2D eigenvalue weighted by Gasteiger charge is -2.18. The molecule has 1 unspecified atom stereocenters. The summed E-state index contributed by atoms with van der Waals surface area (Å²) in [7, 11) is 0. The summed E-state index contributed by atoms with van der Waals surface area (Å²) in [5.74, 6) is 0.287. The number of benzene rings is 1. The van der Waals surface area contributed by atoms with Gasteiger partial charge >= 0.3 is 0 Å². The van der Waals surface area contributed by atoms with Gasteiger partial charge in [0.05, 0.1) is 0 Å². The van der Waals surface area contributed by atoms with Gasteiger partial charge in [-0.15, -0.1) is 12.4 Å². The van der Waals surface area contributed by atoms with Gasteiger partial charge in [-0.2, -0.15) is 0 Å². The van der Waals surface area contributed by atoms with Crippen LogP contribution in [0.15, 0.2) is 24.3 Å². The predicted molar refractivity (Wildman–Crippen MR) is 98.5 cm³/mol.